The molecule has 2 aromatic heterocycles. The molecule has 0 saturated heterocycles. The number of aryl methyl sites for hydroxylation is 2. The van der Waals surface area contributed by atoms with Gasteiger partial charge in [0.2, 0.25) is 0 Å². The molecule has 0 amide bonds. The normalized spacial score (nSPS) is 10.9. The second kappa shape index (κ2) is 4.84. The van der Waals surface area contributed by atoms with Crippen LogP contribution >= 0.6 is 0 Å². The molecule has 2 N–H and O–H groups in total. The second-order valence-electron chi connectivity index (χ2n) is 3.62. The number of hydrogen-bond acceptors (Lipinski definition) is 5. The lowest BCUT2D eigenvalue weighted by Crippen LogP contribution is -2.06. The van der Waals surface area contributed by atoms with E-state index < -0.39 is 0 Å². The van der Waals surface area contributed by atoms with Crippen LogP contribution < -0.4 is 5.73 Å². The predicted octanol–water partition coefficient (Wildman–Crippen LogP) is -0.187. The van der Waals surface area contributed by atoms with E-state index in [1.165, 1.54) is 0 Å². The number of hydrogen-bond donors (Lipinski definition) is 1. The van der Waals surface area contributed by atoms with E-state index in [-0.39, 0.29) is 0 Å². The fourth-order valence-electron chi connectivity index (χ4n) is 1.50. The molecule has 16 heavy (non-hydrogen) atoms. The Balaban J connectivity index is 2.12. The van der Waals surface area contributed by atoms with Crippen LogP contribution in [0.1, 0.15) is 12.8 Å². The lowest BCUT2D eigenvalue weighted by molar-refractivity contribution is 0.548. The maximum Gasteiger partial charge on any atom is 0.185 e. The first-order chi connectivity index (χ1) is 7.81. The molecule has 0 atom stereocenters. The van der Waals surface area contributed by atoms with Gasteiger partial charge in [0, 0.05) is 19.8 Å². The first-order valence-corrected chi connectivity index (χ1v) is 5.26. The first-order valence-electron chi connectivity index (χ1n) is 5.26. The van der Waals surface area contributed by atoms with E-state index in [0.717, 1.165) is 30.8 Å². The van der Waals surface area contributed by atoms with Crippen molar-refractivity contribution in [2.45, 2.75) is 19.4 Å². The number of rotatable bonds is 5. The Kier molecular flexibility index (Phi) is 3.25. The van der Waals surface area contributed by atoms with Crippen LogP contribution in [0.25, 0.3) is 11.4 Å². The maximum atomic E-state index is 5.45. The highest BCUT2D eigenvalue weighted by Crippen LogP contribution is 2.14. The fraction of sp³-hybridized carbons (Fsp3) is 0.556. The topological polar surface area (TPSA) is 87.4 Å². The van der Waals surface area contributed by atoms with Gasteiger partial charge in [0.05, 0.1) is 11.8 Å². The number of aromatic nitrogens is 6. The van der Waals surface area contributed by atoms with Gasteiger partial charge in [-0.1, -0.05) is 0 Å². The van der Waals surface area contributed by atoms with E-state index in [1.54, 1.807) is 15.6 Å². The molecule has 2 aromatic rings. The zero-order valence-corrected chi connectivity index (χ0v) is 9.24. The third-order valence-electron chi connectivity index (χ3n) is 2.32. The standard InChI is InChI=1S/C9H15N7/c1-15-7-8(6-11-15)9-12-13-14-16(9)5-3-2-4-10/h6-7H,2-5,10H2,1H3. The lowest BCUT2D eigenvalue weighted by Gasteiger charge is -2.01. The van der Waals surface area contributed by atoms with Crippen molar-refractivity contribution in [1.82, 2.24) is 30.0 Å². The molecular formula is C9H15N7. The average Bonchev–Trinajstić information content (AvgIpc) is 2.87. The van der Waals surface area contributed by atoms with Gasteiger partial charge in [-0.15, -0.1) is 5.10 Å². The Hall–Kier alpha value is -1.76. The summed E-state index contributed by atoms with van der Waals surface area (Å²) in [4.78, 5) is 0. The van der Waals surface area contributed by atoms with Crippen LogP contribution in [0, 0.1) is 0 Å². The van der Waals surface area contributed by atoms with Crippen LogP contribution in [-0.2, 0) is 13.6 Å². The van der Waals surface area contributed by atoms with Crippen LogP contribution in [0.4, 0.5) is 0 Å². The van der Waals surface area contributed by atoms with E-state index in [4.69, 9.17) is 5.73 Å². The van der Waals surface area contributed by atoms with Crippen LogP contribution in [-0.4, -0.2) is 36.5 Å². The lowest BCUT2D eigenvalue weighted by atomic mass is 10.3. The Bertz CT molecular complexity index is 444. The Labute approximate surface area is 93.2 Å². The molecular weight excluding hydrogens is 206 g/mol. The molecule has 0 spiro atoms. The van der Waals surface area contributed by atoms with Crippen molar-refractivity contribution < 1.29 is 0 Å². The highest BCUT2D eigenvalue weighted by Gasteiger charge is 2.09. The summed E-state index contributed by atoms with van der Waals surface area (Å²) in [6.45, 7) is 1.48. The van der Waals surface area contributed by atoms with Gasteiger partial charge < -0.3 is 5.73 Å². The quantitative estimate of drug-likeness (QED) is 0.707. The highest BCUT2D eigenvalue weighted by atomic mass is 15.5. The van der Waals surface area contributed by atoms with Gasteiger partial charge in [-0.2, -0.15) is 5.10 Å². The minimum absolute atomic E-state index is 0.699. The Morgan fingerprint density at radius 2 is 2.25 bits per heavy atom. The van der Waals surface area contributed by atoms with Crippen molar-refractivity contribution in [3.05, 3.63) is 12.4 Å². The number of nitrogens with zero attached hydrogens (tertiary/aromatic N) is 6. The molecule has 0 aliphatic carbocycles. The van der Waals surface area contributed by atoms with Gasteiger partial charge >= 0.3 is 0 Å². The summed E-state index contributed by atoms with van der Waals surface area (Å²) >= 11 is 0. The summed E-state index contributed by atoms with van der Waals surface area (Å²) in [5.41, 5.74) is 6.38. The monoisotopic (exact) mass is 221 g/mol. The summed E-state index contributed by atoms with van der Waals surface area (Å²) in [5, 5.41) is 15.7. The van der Waals surface area contributed by atoms with Crippen molar-refractivity contribution in [1.29, 1.82) is 0 Å². The minimum Gasteiger partial charge on any atom is -0.330 e. The number of nitrogens with two attached hydrogens (primary N) is 1. The molecule has 2 heterocycles. The van der Waals surface area contributed by atoms with Gasteiger partial charge in [0.15, 0.2) is 5.82 Å². The zero-order valence-electron chi connectivity index (χ0n) is 9.24. The molecule has 0 aliphatic heterocycles. The van der Waals surface area contributed by atoms with Crippen molar-refractivity contribution in [2.24, 2.45) is 12.8 Å². The molecule has 0 bridgehead atoms. The van der Waals surface area contributed by atoms with Gasteiger partial charge in [-0.3, -0.25) is 4.68 Å². The summed E-state index contributed by atoms with van der Waals surface area (Å²) in [6, 6.07) is 0. The van der Waals surface area contributed by atoms with Crippen molar-refractivity contribution in [3.63, 3.8) is 0 Å². The molecule has 0 radical (unpaired) electrons. The first kappa shape index (κ1) is 10.7. The summed E-state index contributed by atoms with van der Waals surface area (Å²) in [7, 11) is 1.87. The molecule has 0 aliphatic rings. The van der Waals surface area contributed by atoms with E-state index in [2.05, 4.69) is 20.6 Å². The summed E-state index contributed by atoms with van der Waals surface area (Å²) in [5.74, 6) is 0.755. The largest absolute Gasteiger partial charge is 0.330 e. The minimum atomic E-state index is 0.699. The van der Waals surface area contributed by atoms with Gasteiger partial charge in [0.25, 0.3) is 0 Å². The third kappa shape index (κ3) is 2.25. The molecule has 0 fully saturated rings. The van der Waals surface area contributed by atoms with Crippen LogP contribution in [0.5, 0.6) is 0 Å². The maximum absolute atomic E-state index is 5.45. The third-order valence-corrected chi connectivity index (χ3v) is 2.32. The van der Waals surface area contributed by atoms with Crippen molar-refractivity contribution in [3.8, 4) is 11.4 Å². The van der Waals surface area contributed by atoms with Crippen molar-refractivity contribution >= 4 is 0 Å². The predicted molar refractivity (Wildman–Crippen MR) is 58.3 cm³/mol. The van der Waals surface area contributed by atoms with Crippen LogP contribution in [0.15, 0.2) is 12.4 Å². The molecule has 0 unspecified atom stereocenters. The molecule has 7 heteroatoms. The van der Waals surface area contributed by atoms with E-state index >= 15 is 0 Å². The van der Waals surface area contributed by atoms with E-state index in [9.17, 15) is 0 Å². The SMILES string of the molecule is Cn1cc(-c2nnnn2CCCCN)cn1. The molecule has 0 saturated carbocycles. The summed E-state index contributed by atoms with van der Waals surface area (Å²) < 4.78 is 3.51. The molecule has 0 aromatic carbocycles. The molecule has 86 valence electrons. The number of unbranched alkanes of at least 4 members (excludes halogenated alkanes) is 1. The highest BCUT2D eigenvalue weighted by molar-refractivity contribution is 5.51. The van der Waals surface area contributed by atoms with E-state index in [0.29, 0.717) is 6.54 Å². The van der Waals surface area contributed by atoms with Crippen LogP contribution in [0.2, 0.25) is 0 Å². The van der Waals surface area contributed by atoms with Gasteiger partial charge in [0.1, 0.15) is 0 Å². The van der Waals surface area contributed by atoms with Gasteiger partial charge in [-0.25, -0.2) is 4.68 Å². The zero-order chi connectivity index (χ0) is 11.4. The van der Waals surface area contributed by atoms with Crippen molar-refractivity contribution in [2.75, 3.05) is 6.54 Å². The molecule has 7 nitrogen and oxygen atoms in total. The summed E-state index contributed by atoms with van der Waals surface area (Å²) in [6.07, 6.45) is 5.61. The van der Waals surface area contributed by atoms with Gasteiger partial charge in [-0.05, 0) is 29.8 Å². The second-order valence-corrected chi connectivity index (χ2v) is 3.62. The Morgan fingerprint density at radius 1 is 1.38 bits per heavy atom. The van der Waals surface area contributed by atoms with E-state index in [1.807, 2.05) is 13.2 Å². The smallest absolute Gasteiger partial charge is 0.185 e. The molecule has 2 rings (SSSR count). The fourth-order valence-corrected chi connectivity index (χ4v) is 1.50. The van der Waals surface area contributed by atoms with Crippen LogP contribution in [0.3, 0.4) is 0 Å². The Morgan fingerprint density at radius 3 is 2.94 bits per heavy atom. The number of tetrazole rings is 1. The average molecular weight is 221 g/mol.